The van der Waals surface area contributed by atoms with Crippen LogP contribution in [0.15, 0.2) is 30.3 Å². The Kier molecular flexibility index (Phi) is 2.82. The fraction of sp³-hybridized carbons (Fsp3) is 0.462. The molecule has 0 radical (unpaired) electrons. The number of benzene rings is 1. The molecule has 1 aromatic carbocycles. The smallest absolute Gasteiger partial charge is 0.242 e. The second-order valence-corrected chi connectivity index (χ2v) is 4.65. The highest BCUT2D eigenvalue weighted by molar-refractivity contribution is 5.84. The Morgan fingerprint density at radius 3 is 2.82 bits per heavy atom. The van der Waals surface area contributed by atoms with Crippen molar-refractivity contribution in [3.63, 3.8) is 0 Å². The van der Waals surface area contributed by atoms with E-state index in [-0.39, 0.29) is 11.9 Å². The summed E-state index contributed by atoms with van der Waals surface area (Å²) in [5.74, 6) is 0.134. The van der Waals surface area contributed by atoms with Crippen LogP contribution in [-0.2, 0) is 4.79 Å². The van der Waals surface area contributed by atoms with Crippen LogP contribution in [0, 0.1) is 0 Å². The van der Waals surface area contributed by atoms with Crippen molar-refractivity contribution in [2.75, 3.05) is 26.2 Å². The van der Waals surface area contributed by atoms with Gasteiger partial charge in [-0.25, -0.2) is 0 Å². The van der Waals surface area contributed by atoms with Gasteiger partial charge in [0.25, 0.3) is 0 Å². The predicted octanol–water partition coefficient (Wildman–Crippen LogP) is 0.131. The Labute approximate surface area is 101 Å². The summed E-state index contributed by atoms with van der Waals surface area (Å²) in [7, 11) is 0. The second-order valence-electron chi connectivity index (χ2n) is 4.65. The van der Waals surface area contributed by atoms with Gasteiger partial charge in [-0.2, -0.15) is 0 Å². The Bertz CT molecular complexity index is 406. The molecule has 90 valence electrons. The average Bonchev–Trinajstić information content (AvgIpc) is 2.39. The van der Waals surface area contributed by atoms with E-state index in [1.54, 1.807) is 0 Å². The number of fused-ring (bicyclic) bond motifs is 1. The van der Waals surface area contributed by atoms with Crippen molar-refractivity contribution < 1.29 is 4.79 Å². The third-order valence-corrected chi connectivity index (χ3v) is 3.60. The summed E-state index contributed by atoms with van der Waals surface area (Å²) in [5.41, 5.74) is 1.09. The lowest BCUT2D eigenvalue weighted by Crippen LogP contribution is -2.63. The van der Waals surface area contributed by atoms with Gasteiger partial charge in [-0.15, -0.1) is 0 Å². The molecule has 1 amide bonds. The van der Waals surface area contributed by atoms with Crippen LogP contribution >= 0.6 is 0 Å². The zero-order valence-electron chi connectivity index (χ0n) is 9.73. The summed E-state index contributed by atoms with van der Waals surface area (Å²) in [6.07, 6.45) is 0. The predicted molar refractivity (Wildman–Crippen MR) is 65.6 cm³/mol. The third kappa shape index (κ3) is 1.94. The molecule has 0 aromatic heterocycles. The van der Waals surface area contributed by atoms with Crippen molar-refractivity contribution in [3.8, 4) is 0 Å². The molecule has 2 N–H and O–H groups in total. The first-order valence-electron chi connectivity index (χ1n) is 6.15. The van der Waals surface area contributed by atoms with E-state index in [4.69, 9.17) is 0 Å². The van der Waals surface area contributed by atoms with Crippen molar-refractivity contribution in [1.82, 2.24) is 15.5 Å². The molecule has 2 saturated heterocycles. The Morgan fingerprint density at radius 2 is 2.00 bits per heavy atom. The summed E-state index contributed by atoms with van der Waals surface area (Å²) in [6.45, 7) is 3.63. The van der Waals surface area contributed by atoms with Crippen molar-refractivity contribution in [1.29, 1.82) is 0 Å². The molecule has 0 aliphatic carbocycles. The maximum Gasteiger partial charge on any atom is 0.242 e. The lowest BCUT2D eigenvalue weighted by Gasteiger charge is -2.44. The van der Waals surface area contributed by atoms with Gasteiger partial charge in [-0.3, -0.25) is 9.69 Å². The quantitative estimate of drug-likeness (QED) is 0.722. The van der Waals surface area contributed by atoms with Crippen LogP contribution in [0.5, 0.6) is 0 Å². The standard InChI is InChI=1S/C13H17N3O/c17-13-12(10-4-2-1-3-5-10)16-7-6-14-8-11(16)9-15-13/h1-5,11-12,14H,6-9H2,(H,15,17). The molecule has 2 unspecified atom stereocenters. The maximum atomic E-state index is 12.1. The zero-order valence-corrected chi connectivity index (χ0v) is 9.73. The third-order valence-electron chi connectivity index (χ3n) is 3.60. The van der Waals surface area contributed by atoms with Gasteiger partial charge in [0, 0.05) is 32.2 Å². The highest BCUT2D eigenvalue weighted by Gasteiger charge is 2.37. The lowest BCUT2D eigenvalue weighted by molar-refractivity contribution is -0.132. The van der Waals surface area contributed by atoms with E-state index in [1.165, 1.54) is 0 Å². The molecule has 0 bridgehead atoms. The minimum Gasteiger partial charge on any atom is -0.353 e. The fourth-order valence-electron chi connectivity index (χ4n) is 2.75. The van der Waals surface area contributed by atoms with Gasteiger partial charge in [-0.05, 0) is 5.56 Å². The van der Waals surface area contributed by atoms with Crippen molar-refractivity contribution in [2.24, 2.45) is 0 Å². The van der Waals surface area contributed by atoms with E-state index >= 15 is 0 Å². The van der Waals surface area contributed by atoms with E-state index in [9.17, 15) is 4.79 Å². The van der Waals surface area contributed by atoms with Crippen LogP contribution in [0.4, 0.5) is 0 Å². The first kappa shape index (κ1) is 10.7. The van der Waals surface area contributed by atoms with Crippen LogP contribution < -0.4 is 10.6 Å². The van der Waals surface area contributed by atoms with E-state index < -0.39 is 0 Å². The fourth-order valence-corrected chi connectivity index (χ4v) is 2.75. The molecule has 4 nitrogen and oxygen atoms in total. The molecule has 0 saturated carbocycles. The molecule has 2 aliphatic heterocycles. The summed E-state index contributed by atoms with van der Waals surface area (Å²) in [5, 5.41) is 6.39. The number of carbonyl (C=O) groups is 1. The first-order chi connectivity index (χ1) is 8.36. The lowest BCUT2D eigenvalue weighted by atomic mass is 9.98. The van der Waals surface area contributed by atoms with E-state index in [0.717, 1.165) is 31.7 Å². The van der Waals surface area contributed by atoms with Crippen LogP contribution in [0.3, 0.4) is 0 Å². The molecule has 2 fully saturated rings. The van der Waals surface area contributed by atoms with Gasteiger partial charge in [0.05, 0.1) is 0 Å². The summed E-state index contributed by atoms with van der Waals surface area (Å²) >= 11 is 0. The largest absolute Gasteiger partial charge is 0.353 e. The topological polar surface area (TPSA) is 44.4 Å². The first-order valence-corrected chi connectivity index (χ1v) is 6.15. The van der Waals surface area contributed by atoms with Crippen molar-refractivity contribution in [2.45, 2.75) is 12.1 Å². The van der Waals surface area contributed by atoms with Crippen molar-refractivity contribution >= 4 is 5.91 Å². The average molecular weight is 231 g/mol. The number of carbonyl (C=O) groups excluding carboxylic acids is 1. The zero-order chi connectivity index (χ0) is 11.7. The molecule has 4 heteroatoms. The highest BCUT2D eigenvalue weighted by Crippen LogP contribution is 2.26. The molecular weight excluding hydrogens is 214 g/mol. The van der Waals surface area contributed by atoms with Gasteiger partial charge < -0.3 is 10.6 Å². The van der Waals surface area contributed by atoms with Crippen molar-refractivity contribution in [3.05, 3.63) is 35.9 Å². The van der Waals surface area contributed by atoms with E-state index in [2.05, 4.69) is 15.5 Å². The number of rotatable bonds is 1. The highest BCUT2D eigenvalue weighted by atomic mass is 16.2. The summed E-state index contributed by atoms with van der Waals surface area (Å²) in [4.78, 5) is 14.4. The number of nitrogens with one attached hydrogen (secondary N) is 2. The number of hydrogen-bond donors (Lipinski definition) is 2. The van der Waals surface area contributed by atoms with E-state index in [1.807, 2.05) is 30.3 Å². The Morgan fingerprint density at radius 1 is 1.18 bits per heavy atom. The molecule has 3 rings (SSSR count). The SMILES string of the molecule is O=C1NCC2CNCCN2C1c1ccccc1. The van der Waals surface area contributed by atoms with Crippen LogP contribution in [-0.4, -0.2) is 43.0 Å². The van der Waals surface area contributed by atoms with Gasteiger partial charge in [0.1, 0.15) is 6.04 Å². The van der Waals surface area contributed by atoms with Crippen LogP contribution in [0.1, 0.15) is 11.6 Å². The van der Waals surface area contributed by atoms with E-state index in [0.29, 0.717) is 6.04 Å². The van der Waals surface area contributed by atoms with Gasteiger partial charge in [0.15, 0.2) is 0 Å². The summed E-state index contributed by atoms with van der Waals surface area (Å²) in [6, 6.07) is 10.4. The molecular formula is C13H17N3O. The normalized spacial score (nSPS) is 29.5. The number of hydrogen-bond acceptors (Lipinski definition) is 3. The molecule has 2 heterocycles. The molecule has 0 spiro atoms. The Hall–Kier alpha value is -1.39. The number of piperazine rings is 2. The van der Waals surface area contributed by atoms with Gasteiger partial charge in [0.2, 0.25) is 5.91 Å². The molecule has 2 atom stereocenters. The number of amides is 1. The molecule has 2 aliphatic rings. The minimum absolute atomic E-state index is 0.114. The second kappa shape index (κ2) is 4.47. The Balaban J connectivity index is 1.91. The maximum absolute atomic E-state index is 12.1. The van der Waals surface area contributed by atoms with Gasteiger partial charge >= 0.3 is 0 Å². The number of nitrogens with zero attached hydrogens (tertiary/aromatic N) is 1. The minimum atomic E-state index is -0.114. The van der Waals surface area contributed by atoms with Crippen LogP contribution in [0.25, 0.3) is 0 Å². The summed E-state index contributed by atoms with van der Waals surface area (Å²) < 4.78 is 0. The van der Waals surface area contributed by atoms with Crippen LogP contribution in [0.2, 0.25) is 0 Å². The molecule has 17 heavy (non-hydrogen) atoms. The van der Waals surface area contributed by atoms with Gasteiger partial charge in [-0.1, -0.05) is 30.3 Å². The molecule has 1 aromatic rings. The monoisotopic (exact) mass is 231 g/mol.